The molecule has 110 valence electrons. The standard InChI is InChI=1S/C12H17N3O2S3/c1-8-3-4-9(11(13)18)12(14-8)15-5-6-19-7-10(15)20(2,16)17/h3-4,10H,5-7H2,1-2H3,(H2,13,18). The summed E-state index contributed by atoms with van der Waals surface area (Å²) in [6, 6.07) is 3.63. The van der Waals surface area contributed by atoms with E-state index in [1.54, 1.807) is 17.8 Å². The van der Waals surface area contributed by atoms with Crippen LogP contribution in [0.25, 0.3) is 0 Å². The van der Waals surface area contributed by atoms with Crippen LogP contribution in [0, 0.1) is 6.92 Å². The van der Waals surface area contributed by atoms with Crippen LogP contribution in [0.5, 0.6) is 0 Å². The number of aryl methyl sites for hydroxylation is 1. The predicted molar refractivity (Wildman–Crippen MR) is 88.2 cm³/mol. The van der Waals surface area contributed by atoms with Gasteiger partial charge in [0.2, 0.25) is 0 Å². The molecule has 2 N–H and O–H groups in total. The van der Waals surface area contributed by atoms with E-state index in [1.807, 2.05) is 17.9 Å². The molecule has 0 aromatic carbocycles. The highest BCUT2D eigenvalue weighted by Gasteiger charge is 2.33. The van der Waals surface area contributed by atoms with E-state index in [4.69, 9.17) is 18.0 Å². The highest BCUT2D eigenvalue weighted by Crippen LogP contribution is 2.28. The molecule has 20 heavy (non-hydrogen) atoms. The molecular weight excluding hydrogens is 314 g/mol. The summed E-state index contributed by atoms with van der Waals surface area (Å²) in [6.45, 7) is 2.48. The second kappa shape index (κ2) is 5.87. The Bertz CT molecular complexity index is 631. The number of nitrogens with zero attached hydrogens (tertiary/aromatic N) is 2. The molecule has 1 aliphatic rings. The van der Waals surface area contributed by atoms with Gasteiger partial charge in [0.15, 0.2) is 9.84 Å². The van der Waals surface area contributed by atoms with E-state index in [2.05, 4.69) is 4.98 Å². The first kappa shape index (κ1) is 15.5. The molecule has 1 saturated heterocycles. The topological polar surface area (TPSA) is 76.3 Å². The van der Waals surface area contributed by atoms with E-state index in [0.29, 0.717) is 23.7 Å². The first-order valence-electron chi connectivity index (χ1n) is 6.11. The van der Waals surface area contributed by atoms with E-state index >= 15 is 0 Å². The van der Waals surface area contributed by atoms with E-state index in [-0.39, 0.29) is 4.99 Å². The van der Waals surface area contributed by atoms with Gasteiger partial charge in [0, 0.05) is 30.0 Å². The molecule has 8 heteroatoms. The molecule has 2 heterocycles. The highest BCUT2D eigenvalue weighted by atomic mass is 32.2. The second-order valence-corrected chi connectivity index (χ2v) is 8.53. The summed E-state index contributed by atoms with van der Waals surface area (Å²) in [5.41, 5.74) is 7.18. The molecule has 2 rings (SSSR count). The molecule has 0 bridgehead atoms. The highest BCUT2D eigenvalue weighted by molar-refractivity contribution is 8.01. The van der Waals surface area contributed by atoms with Crippen LogP contribution in [-0.4, -0.2) is 48.1 Å². The number of rotatable bonds is 3. The van der Waals surface area contributed by atoms with Gasteiger partial charge in [0.25, 0.3) is 0 Å². The molecule has 1 aromatic heterocycles. The Balaban J connectivity index is 2.52. The Labute approximate surface area is 128 Å². The predicted octanol–water partition coefficient (Wildman–Crippen LogP) is 0.948. The summed E-state index contributed by atoms with van der Waals surface area (Å²) in [6.07, 6.45) is 1.26. The quantitative estimate of drug-likeness (QED) is 0.826. The van der Waals surface area contributed by atoms with Crippen molar-refractivity contribution in [1.82, 2.24) is 4.98 Å². The zero-order valence-electron chi connectivity index (χ0n) is 11.4. The summed E-state index contributed by atoms with van der Waals surface area (Å²) in [5.74, 6) is 1.97. The average molecular weight is 331 g/mol. The third-order valence-corrected chi connectivity index (χ3v) is 5.99. The number of hydrogen-bond donors (Lipinski definition) is 1. The van der Waals surface area contributed by atoms with Gasteiger partial charge < -0.3 is 10.6 Å². The first-order chi connectivity index (χ1) is 9.30. The minimum absolute atomic E-state index is 0.234. The van der Waals surface area contributed by atoms with Gasteiger partial charge >= 0.3 is 0 Å². The van der Waals surface area contributed by atoms with Crippen molar-refractivity contribution in [3.8, 4) is 0 Å². The number of hydrogen-bond acceptors (Lipinski definition) is 6. The fraction of sp³-hybridized carbons (Fsp3) is 0.500. The zero-order valence-corrected chi connectivity index (χ0v) is 13.8. The Morgan fingerprint density at radius 2 is 2.25 bits per heavy atom. The van der Waals surface area contributed by atoms with Crippen molar-refractivity contribution >= 4 is 44.6 Å². The van der Waals surface area contributed by atoms with Crippen molar-refractivity contribution in [2.24, 2.45) is 5.73 Å². The number of pyridine rings is 1. The van der Waals surface area contributed by atoms with Crippen molar-refractivity contribution in [2.45, 2.75) is 12.3 Å². The molecule has 0 aliphatic carbocycles. The van der Waals surface area contributed by atoms with Crippen molar-refractivity contribution in [2.75, 3.05) is 29.2 Å². The van der Waals surface area contributed by atoms with Crippen molar-refractivity contribution in [3.05, 3.63) is 23.4 Å². The number of nitrogens with two attached hydrogens (primary N) is 1. The summed E-state index contributed by atoms with van der Waals surface area (Å²) >= 11 is 6.68. The lowest BCUT2D eigenvalue weighted by Gasteiger charge is -2.36. The first-order valence-corrected chi connectivity index (χ1v) is 9.63. The molecule has 0 spiro atoms. The Morgan fingerprint density at radius 3 is 2.85 bits per heavy atom. The van der Waals surface area contributed by atoms with Crippen LogP contribution in [0.3, 0.4) is 0 Å². The van der Waals surface area contributed by atoms with Gasteiger partial charge in [-0.05, 0) is 19.1 Å². The molecule has 1 atom stereocenters. The Hall–Kier alpha value is -0.860. The molecule has 1 fully saturated rings. The molecule has 0 amide bonds. The molecule has 0 radical (unpaired) electrons. The van der Waals surface area contributed by atoms with Crippen LogP contribution in [0.2, 0.25) is 0 Å². The van der Waals surface area contributed by atoms with Crippen LogP contribution < -0.4 is 10.6 Å². The summed E-state index contributed by atoms with van der Waals surface area (Å²) in [4.78, 5) is 6.51. The van der Waals surface area contributed by atoms with Crippen LogP contribution in [-0.2, 0) is 9.84 Å². The molecule has 1 aromatic rings. The minimum Gasteiger partial charge on any atom is -0.389 e. The average Bonchev–Trinajstić information content (AvgIpc) is 2.37. The van der Waals surface area contributed by atoms with Crippen LogP contribution in [0.1, 0.15) is 11.3 Å². The molecule has 1 unspecified atom stereocenters. The van der Waals surface area contributed by atoms with Gasteiger partial charge in [-0.25, -0.2) is 13.4 Å². The van der Waals surface area contributed by atoms with Crippen LogP contribution in [0.4, 0.5) is 5.82 Å². The van der Waals surface area contributed by atoms with Gasteiger partial charge in [-0.1, -0.05) is 12.2 Å². The third kappa shape index (κ3) is 3.24. The maximum atomic E-state index is 12.0. The van der Waals surface area contributed by atoms with Gasteiger partial charge in [-0.2, -0.15) is 11.8 Å². The maximum Gasteiger partial charge on any atom is 0.169 e. The van der Waals surface area contributed by atoms with E-state index < -0.39 is 15.2 Å². The lowest BCUT2D eigenvalue weighted by atomic mass is 10.2. The fourth-order valence-electron chi connectivity index (χ4n) is 2.13. The van der Waals surface area contributed by atoms with Gasteiger partial charge in [0.05, 0.1) is 5.56 Å². The molecule has 0 saturated carbocycles. The van der Waals surface area contributed by atoms with Gasteiger partial charge in [-0.3, -0.25) is 0 Å². The zero-order chi connectivity index (χ0) is 14.9. The molecular formula is C12H17N3O2S3. The van der Waals surface area contributed by atoms with Crippen LogP contribution >= 0.6 is 24.0 Å². The smallest absolute Gasteiger partial charge is 0.169 e. The number of sulfone groups is 1. The molecule has 1 aliphatic heterocycles. The Kier molecular flexibility index (Phi) is 4.55. The van der Waals surface area contributed by atoms with Gasteiger partial charge in [-0.15, -0.1) is 0 Å². The van der Waals surface area contributed by atoms with Crippen molar-refractivity contribution < 1.29 is 8.42 Å². The number of anilines is 1. The van der Waals surface area contributed by atoms with Crippen molar-refractivity contribution in [1.29, 1.82) is 0 Å². The normalized spacial score (nSPS) is 19.9. The summed E-state index contributed by atoms with van der Waals surface area (Å²) in [7, 11) is -3.20. The summed E-state index contributed by atoms with van der Waals surface area (Å²) < 4.78 is 24.0. The second-order valence-electron chi connectivity index (χ2n) is 4.74. The number of thioether (sulfide) groups is 1. The van der Waals surface area contributed by atoms with E-state index in [1.165, 1.54) is 6.26 Å². The Morgan fingerprint density at radius 1 is 1.55 bits per heavy atom. The van der Waals surface area contributed by atoms with Crippen molar-refractivity contribution in [3.63, 3.8) is 0 Å². The van der Waals surface area contributed by atoms with Crippen LogP contribution in [0.15, 0.2) is 12.1 Å². The van der Waals surface area contributed by atoms with Gasteiger partial charge in [0.1, 0.15) is 16.2 Å². The number of aromatic nitrogens is 1. The van der Waals surface area contributed by atoms with E-state index in [9.17, 15) is 8.42 Å². The SMILES string of the molecule is Cc1ccc(C(N)=S)c(N2CCSCC2S(C)(=O)=O)n1. The maximum absolute atomic E-state index is 12.0. The largest absolute Gasteiger partial charge is 0.389 e. The lowest BCUT2D eigenvalue weighted by molar-refractivity contribution is 0.583. The monoisotopic (exact) mass is 331 g/mol. The summed E-state index contributed by atoms with van der Waals surface area (Å²) in [5, 5.41) is -0.580. The lowest BCUT2D eigenvalue weighted by Crippen LogP contribution is -2.48. The number of thiocarbonyl (C=S) groups is 1. The third-order valence-electron chi connectivity index (χ3n) is 3.13. The fourth-order valence-corrected chi connectivity index (χ4v) is 5.11. The van der Waals surface area contributed by atoms with E-state index in [0.717, 1.165) is 11.4 Å². The molecule has 5 nitrogen and oxygen atoms in total. The minimum atomic E-state index is -3.20.